The maximum atomic E-state index is 13.9. The number of carbonyl (C=O) groups is 2. The van der Waals surface area contributed by atoms with Crippen LogP contribution in [0.15, 0.2) is 23.1 Å². The number of carbonyl (C=O) groups excluding carboxylic acids is 2. The molecule has 1 aliphatic rings. The van der Waals surface area contributed by atoms with Crippen LogP contribution >= 0.6 is 11.8 Å². The highest BCUT2D eigenvalue weighted by atomic mass is 32.2. The van der Waals surface area contributed by atoms with Crippen molar-refractivity contribution >= 4 is 23.5 Å². The van der Waals surface area contributed by atoms with Crippen LogP contribution in [0.4, 0.5) is 4.39 Å². The van der Waals surface area contributed by atoms with Gasteiger partial charge < -0.3 is 10.1 Å². The number of ether oxygens (including phenoxy) is 1. The molecule has 1 aliphatic heterocycles. The molecule has 2 rings (SSSR count). The first-order valence-corrected chi connectivity index (χ1v) is 9.05. The van der Waals surface area contributed by atoms with Gasteiger partial charge in [-0.25, -0.2) is 4.39 Å². The van der Waals surface area contributed by atoms with Crippen LogP contribution in [0.3, 0.4) is 0 Å². The Hall–Kier alpha value is -1.44. The van der Waals surface area contributed by atoms with Gasteiger partial charge in [0.25, 0.3) is 0 Å². The van der Waals surface area contributed by atoms with Crippen LogP contribution in [-0.2, 0) is 9.53 Å². The van der Waals surface area contributed by atoms with Crippen molar-refractivity contribution in [3.05, 3.63) is 29.6 Å². The van der Waals surface area contributed by atoms with E-state index in [1.54, 1.807) is 12.1 Å². The second-order valence-corrected chi connectivity index (χ2v) is 6.66. The molecule has 0 bridgehead atoms. The highest BCUT2D eigenvalue weighted by Gasteiger charge is 2.11. The Kier molecular flexibility index (Phi) is 7.68. The standard InChI is InChI=1S/C17H23FN2O3S/c1-13(21)14-3-4-16(15(18)11-14)24-12-17(22)19-5-2-6-20-7-9-23-10-8-20/h3-4,11H,2,5-10,12H2,1H3,(H,19,22). The van der Waals surface area contributed by atoms with E-state index >= 15 is 0 Å². The average Bonchev–Trinajstić information content (AvgIpc) is 2.58. The number of ketones is 1. The summed E-state index contributed by atoms with van der Waals surface area (Å²) in [5.74, 6) is -0.596. The number of hydrogen-bond donors (Lipinski definition) is 1. The molecule has 1 aromatic carbocycles. The first-order chi connectivity index (χ1) is 11.6. The normalized spacial score (nSPS) is 15.2. The first-order valence-electron chi connectivity index (χ1n) is 8.06. The van der Waals surface area contributed by atoms with Crippen molar-refractivity contribution in [1.82, 2.24) is 10.2 Å². The largest absolute Gasteiger partial charge is 0.379 e. The number of hydrogen-bond acceptors (Lipinski definition) is 5. The minimum absolute atomic E-state index is 0.114. The number of halogens is 1. The Morgan fingerprint density at radius 3 is 2.75 bits per heavy atom. The number of nitrogens with zero attached hydrogens (tertiary/aromatic N) is 1. The van der Waals surface area contributed by atoms with Gasteiger partial charge in [0, 0.05) is 30.1 Å². The molecule has 0 aliphatic carbocycles. The van der Waals surface area contributed by atoms with E-state index in [1.807, 2.05) is 0 Å². The lowest BCUT2D eigenvalue weighted by molar-refractivity contribution is -0.118. The minimum atomic E-state index is -0.465. The molecule has 1 aromatic rings. The molecule has 1 saturated heterocycles. The van der Waals surface area contributed by atoms with Gasteiger partial charge in [0.1, 0.15) is 5.82 Å². The highest BCUT2D eigenvalue weighted by molar-refractivity contribution is 8.00. The molecule has 7 heteroatoms. The molecule has 132 valence electrons. The van der Waals surface area contributed by atoms with Gasteiger partial charge >= 0.3 is 0 Å². The molecule has 0 atom stereocenters. The van der Waals surface area contributed by atoms with E-state index in [4.69, 9.17) is 4.74 Å². The van der Waals surface area contributed by atoms with Gasteiger partial charge in [0.15, 0.2) is 5.78 Å². The quantitative estimate of drug-likeness (QED) is 0.439. The van der Waals surface area contributed by atoms with E-state index in [1.165, 1.54) is 13.0 Å². The van der Waals surface area contributed by atoms with Crippen molar-refractivity contribution < 1.29 is 18.7 Å². The van der Waals surface area contributed by atoms with Crippen LogP contribution in [0.1, 0.15) is 23.7 Å². The Morgan fingerprint density at radius 2 is 2.08 bits per heavy atom. The summed E-state index contributed by atoms with van der Waals surface area (Å²) in [4.78, 5) is 25.7. The Bertz CT molecular complexity index is 577. The van der Waals surface area contributed by atoms with Crippen molar-refractivity contribution in [1.29, 1.82) is 0 Å². The summed E-state index contributed by atoms with van der Waals surface area (Å²) >= 11 is 1.14. The maximum absolute atomic E-state index is 13.9. The number of nitrogens with one attached hydrogen (secondary N) is 1. The lowest BCUT2D eigenvalue weighted by atomic mass is 10.1. The Labute approximate surface area is 145 Å². The van der Waals surface area contributed by atoms with Crippen molar-refractivity contribution in [2.24, 2.45) is 0 Å². The molecule has 0 saturated carbocycles. The summed E-state index contributed by atoms with van der Waals surface area (Å²) in [6.07, 6.45) is 0.887. The summed E-state index contributed by atoms with van der Waals surface area (Å²) < 4.78 is 19.1. The van der Waals surface area contributed by atoms with E-state index < -0.39 is 5.82 Å². The van der Waals surface area contributed by atoms with Crippen molar-refractivity contribution in [3.8, 4) is 0 Å². The molecule has 0 aromatic heterocycles. The molecule has 1 fully saturated rings. The third-order valence-electron chi connectivity index (χ3n) is 3.77. The first kappa shape index (κ1) is 18.9. The summed E-state index contributed by atoms with van der Waals surface area (Å²) in [6, 6.07) is 4.33. The molecule has 0 spiro atoms. The number of benzene rings is 1. The second-order valence-electron chi connectivity index (χ2n) is 5.65. The molecule has 24 heavy (non-hydrogen) atoms. The molecule has 5 nitrogen and oxygen atoms in total. The SMILES string of the molecule is CC(=O)c1ccc(SCC(=O)NCCCN2CCOCC2)c(F)c1. The predicted molar refractivity (Wildman–Crippen MR) is 92.0 cm³/mol. The minimum Gasteiger partial charge on any atom is -0.379 e. The van der Waals surface area contributed by atoms with Gasteiger partial charge in [-0.15, -0.1) is 11.8 Å². The number of morpholine rings is 1. The zero-order chi connectivity index (χ0) is 17.4. The van der Waals surface area contributed by atoms with E-state index in [9.17, 15) is 14.0 Å². The van der Waals surface area contributed by atoms with Gasteiger partial charge in [-0.2, -0.15) is 0 Å². The third kappa shape index (κ3) is 6.22. The van der Waals surface area contributed by atoms with Crippen LogP contribution in [0.2, 0.25) is 0 Å². The van der Waals surface area contributed by atoms with Crippen molar-refractivity contribution in [3.63, 3.8) is 0 Å². The number of amides is 1. The summed E-state index contributed by atoms with van der Waals surface area (Å²) in [5.41, 5.74) is 0.337. The van der Waals surface area contributed by atoms with E-state index in [-0.39, 0.29) is 17.4 Å². The average molecular weight is 354 g/mol. The highest BCUT2D eigenvalue weighted by Crippen LogP contribution is 2.22. The summed E-state index contributed by atoms with van der Waals surface area (Å²) in [5, 5.41) is 2.85. The monoisotopic (exact) mass is 354 g/mol. The lowest BCUT2D eigenvalue weighted by Crippen LogP contribution is -2.38. The van der Waals surface area contributed by atoms with Gasteiger partial charge in [-0.05, 0) is 32.0 Å². The fourth-order valence-electron chi connectivity index (χ4n) is 2.39. The zero-order valence-electron chi connectivity index (χ0n) is 13.8. The zero-order valence-corrected chi connectivity index (χ0v) is 14.7. The summed E-state index contributed by atoms with van der Waals surface area (Å²) in [6.45, 7) is 6.39. The van der Waals surface area contributed by atoms with Crippen LogP contribution in [0.25, 0.3) is 0 Å². The molecule has 0 unspecified atom stereocenters. The van der Waals surface area contributed by atoms with Gasteiger partial charge in [0.05, 0.1) is 19.0 Å². The molecule has 0 radical (unpaired) electrons. The van der Waals surface area contributed by atoms with Crippen molar-refractivity contribution in [2.45, 2.75) is 18.2 Å². The fourth-order valence-corrected chi connectivity index (χ4v) is 3.14. The molecule has 1 amide bonds. The smallest absolute Gasteiger partial charge is 0.230 e. The number of rotatable bonds is 8. The van der Waals surface area contributed by atoms with E-state index in [2.05, 4.69) is 10.2 Å². The molecular weight excluding hydrogens is 331 g/mol. The predicted octanol–water partition coefficient (Wildman–Crippen LogP) is 1.96. The third-order valence-corrected chi connectivity index (χ3v) is 4.82. The van der Waals surface area contributed by atoms with Crippen molar-refractivity contribution in [2.75, 3.05) is 45.1 Å². The fraction of sp³-hybridized carbons (Fsp3) is 0.529. The molecular formula is C17H23FN2O3S. The van der Waals surface area contributed by atoms with Gasteiger partial charge in [-0.1, -0.05) is 6.07 Å². The molecule has 1 heterocycles. The van der Waals surface area contributed by atoms with Crippen LogP contribution in [0.5, 0.6) is 0 Å². The maximum Gasteiger partial charge on any atom is 0.230 e. The number of Topliss-reactive ketones (excluding diaryl/α,β-unsaturated/α-hetero) is 1. The van der Waals surface area contributed by atoms with Crippen LogP contribution in [-0.4, -0.2) is 61.7 Å². The lowest BCUT2D eigenvalue weighted by Gasteiger charge is -2.26. The Morgan fingerprint density at radius 1 is 1.33 bits per heavy atom. The van der Waals surface area contributed by atoms with Crippen LogP contribution < -0.4 is 5.32 Å². The van der Waals surface area contributed by atoms with Gasteiger partial charge in [-0.3, -0.25) is 14.5 Å². The second kappa shape index (κ2) is 9.76. The van der Waals surface area contributed by atoms with E-state index in [0.29, 0.717) is 17.0 Å². The van der Waals surface area contributed by atoms with Gasteiger partial charge in [0.2, 0.25) is 5.91 Å². The number of thioether (sulfide) groups is 1. The van der Waals surface area contributed by atoms with E-state index in [0.717, 1.165) is 51.0 Å². The van der Waals surface area contributed by atoms with Crippen LogP contribution in [0, 0.1) is 5.82 Å². The Balaban J connectivity index is 1.64. The molecule has 1 N–H and O–H groups in total. The topological polar surface area (TPSA) is 58.6 Å². The summed E-state index contributed by atoms with van der Waals surface area (Å²) in [7, 11) is 0.